The van der Waals surface area contributed by atoms with Crippen molar-refractivity contribution in [3.63, 3.8) is 0 Å². The molecule has 24 nitrogen and oxygen atoms in total. The van der Waals surface area contributed by atoms with Crippen molar-refractivity contribution >= 4 is 115 Å². The number of aromatic nitrogens is 6. The van der Waals surface area contributed by atoms with E-state index in [2.05, 4.69) is 45.7 Å². The Morgan fingerprint density at radius 2 is 0.822 bits per heavy atom. The van der Waals surface area contributed by atoms with E-state index in [1.54, 1.807) is 54.5 Å². The van der Waals surface area contributed by atoms with Gasteiger partial charge in [-0.05, 0) is 137 Å². The van der Waals surface area contributed by atoms with E-state index in [1.165, 1.54) is 86.3 Å². The lowest BCUT2D eigenvalue weighted by Crippen LogP contribution is -2.58. The van der Waals surface area contributed by atoms with E-state index in [-0.39, 0.29) is 121 Å². The van der Waals surface area contributed by atoms with Gasteiger partial charge in [-0.15, -0.1) is 35.3 Å². The van der Waals surface area contributed by atoms with Gasteiger partial charge in [0.2, 0.25) is 17.7 Å². The molecule has 3 aromatic heterocycles. The summed E-state index contributed by atoms with van der Waals surface area (Å²) in [6, 6.07) is 17.5. The smallest absolute Gasteiger partial charge is 0.350 e. The molecule has 0 radical (unpaired) electrons. The first-order chi connectivity index (χ1) is 56.6. The molecule has 624 valence electrons. The van der Waals surface area contributed by atoms with Crippen LogP contribution in [0.1, 0.15) is 44.4 Å². The minimum Gasteiger partial charge on any atom is -0.359 e. The van der Waals surface area contributed by atoms with Gasteiger partial charge in [0.15, 0.2) is 0 Å². The van der Waals surface area contributed by atoms with E-state index >= 15 is 8.78 Å². The highest BCUT2D eigenvalue weighted by Gasteiger charge is 2.39. The SMILES string of the molecule is C=CC(=O)N1CCN(c2nc(=O)n3c4c(c(-c5cc(Cl)c(F)cc5F)c(C)cc24)SCC(OCOC)C3)CC1.C=CC(=O)N1[C@H](C)CN(c2nc(=O)n3c4c(c(-c5ccc(F)cc5)c(C)cc24)SCC(OCOC)C3)C[C@@H]1C.C=CC(=O)N1[C@H](C)CN(c2nc(=O)n3c4c(c(-c5ccc(F)cc5F)c(C)cc24)SCC(OCOC)C3)C[C@@H]1C. The van der Waals surface area contributed by atoms with Crippen molar-refractivity contribution in [1.29, 1.82) is 0 Å². The fourth-order valence-corrected chi connectivity index (χ4v) is 20.9. The van der Waals surface area contributed by atoms with E-state index in [9.17, 15) is 41.9 Å². The number of piperazine rings is 3. The minimum atomic E-state index is -0.847. The number of carbonyl (C=O) groups excluding carboxylic acids is 3. The number of anilines is 3. The number of aryl methyl sites for hydroxylation is 3. The lowest BCUT2D eigenvalue weighted by molar-refractivity contribution is -0.131. The number of halogens is 6. The molecule has 3 unspecified atom stereocenters. The number of amides is 3. The number of ether oxygens (including phenoxy) is 6. The fraction of sp³-hybridized carbons (Fsp3) is 0.400. The van der Waals surface area contributed by atoms with Gasteiger partial charge < -0.3 is 57.8 Å². The van der Waals surface area contributed by atoms with Crippen LogP contribution in [-0.2, 0) is 62.4 Å². The molecule has 6 aliphatic heterocycles. The number of hydrogen-bond acceptors (Lipinski definition) is 21. The van der Waals surface area contributed by atoms with E-state index in [0.717, 1.165) is 66.5 Å². The van der Waals surface area contributed by atoms with Crippen molar-refractivity contribution in [1.82, 2.24) is 43.4 Å². The van der Waals surface area contributed by atoms with Crippen LogP contribution in [0.2, 0.25) is 5.02 Å². The van der Waals surface area contributed by atoms with Crippen LogP contribution >= 0.6 is 46.9 Å². The molecular weight excluding hydrogens is 1610 g/mol. The molecule has 118 heavy (non-hydrogen) atoms. The first kappa shape index (κ1) is 86.4. The van der Waals surface area contributed by atoms with E-state index in [4.69, 9.17) is 40.0 Å². The Balaban J connectivity index is 0.000000153. The lowest BCUT2D eigenvalue weighted by atomic mass is 9.97. The number of hydrogen-bond donors (Lipinski definition) is 0. The summed E-state index contributed by atoms with van der Waals surface area (Å²) < 4.78 is 110. The van der Waals surface area contributed by atoms with Gasteiger partial charge in [-0.3, -0.25) is 28.1 Å². The number of carbonyl (C=O) groups is 3. The largest absolute Gasteiger partial charge is 0.359 e. The quantitative estimate of drug-likeness (QED) is 0.0336. The van der Waals surface area contributed by atoms with Crippen molar-refractivity contribution in [2.75, 3.05) is 126 Å². The van der Waals surface area contributed by atoms with Crippen molar-refractivity contribution in [3.8, 4) is 33.4 Å². The first-order valence-corrected chi connectivity index (χ1v) is 41.8. The number of benzene rings is 6. The van der Waals surface area contributed by atoms with Crippen molar-refractivity contribution in [3.05, 3.63) is 193 Å². The molecule has 15 rings (SSSR count). The minimum absolute atomic E-state index is 0.0484. The van der Waals surface area contributed by atoms with Crippen LogP contribution in [0.15, 0.2) is 140 Å². The van der Waals surface area contributed by atoms with Crippen LogP contribution in [0.4, 0.5) is 39.4 Å². The van der Waals surface area contributed by atoms with Gasteiger partial charge in [-0.25, -0.2) is 36.3 Å². The molecule has 6 aromatic carbocycles. The van der Waals surface area contributed by atoms with Crippen LogP contribution < -0.4 is 31.8 Å². The highest BCUT2D eigenvalue weighted by molar-refractivity contribution is 8.00. The number of methoxy groups -OCH3 is 3. The molecule has 0 bridgehead atoms. The van der Waals surface area contributed by atoms with Crippen molar-refractivity contribution < 1.29 is 64.8 Å². The van der Waals surface area contributed by atoms with Crippen LogP contribution in [0.3, 0.4) is 0 Å². The second kappa shape index (κ2) is 37.0. The zero-order chi connectivity index (χ0) is 84.4. The maximum Gasteiger partial charge on any atom is 0.350 e. The molecule has 9 heterocycles. The van der Waals surface area contributed by atoms with Crippen molar-refractivity contribution in [2.45, 2.75) is 125 Å². The molecule has 0 spiro atoms. The summed E-state index contributed by atoms with van der Waals surface area (Å²) in [7, 11) is 4.62. The Labute approximate surface area is 696 Å². The Hall–Kier alpha value is -9.48. The van der Waals surface area contributed by atoms with Gasteiger partial charge in [0.25, 0.3) is 0 Å². The third-order valence-corrected chi connectivity index (χ3v) is 25.8. The van der Waals surface area contributed by atoms with Gasteiger partial charge in [-0.2, -0.15) is 15.0 Å². The summed E-state index contributed by atoms with van der Waals surface area (Å²) in [5.41, 5.74) is 6.65. The highest BCUT2D eigenvalue weighted by atomic mass is 35.5. The summed E-state index contributed by atoms with van der Waals surface area (Å²) in [4.78, 5) is 105. The third-order valence-electron chi connectivity index (χ3n) is 21.8. The highest BCUT2D eigenvalue weighted by Crippen LogP contribution is 2.49. The molecule has 33 heteroatoms. The summed E-state index contributed by atoms with van der Waals surface area (Å²) in [5.74, 6) is -0.415. The monoisotopic (exact) mass is 1700 g/mol. The molecule has 0 saturated carbocycles. The van der Waals surface area contributed by atoms with Gasteiger partial charge >= 0.3 is 17.1 Å². The van der Waals surface area contributed by atoms with E-state index in [1.807, 2.05) is 75.3 Å². The molecular formula is C85H92ClF5N12O12S3. The normalized spacial score (nSPS) is 19.9. The zero-order valence-corrected chi connectivity index (χ0v) is 70.3. The predicted molar refractivity (Wildman–Crippen MR) is 451 cm³/mol. The molecule has 9 aromatic rings. The summed E-state index contributed by atoms with van der Waals surface area (Å²) in [6.45, 7) is 29.5. The summed E-state index contributed by atoms with van der Waals surface area (Å²) in [6.07, 6.45) is 2.96. The fourth-order valence-electron chi connectivity index (χ4n) is 16.7. The molecule has 3 fully saturated rings. The maximum absolute atomic E-state index is 15.2. The average Bonchev–Trinajstić information content (AvgIpc) is 1.30. The third kappa shape index (κ3) is 17.5. The van der Waals surface area contributed by atoms with Gasteiger partial charge in [0.05, 0.1) is 59.5 Å². The van der Waals surface area contributed by atoms with Crippen LogP contribution in [0.5, 0.6) is 0 Å². The van der Waals surface area contributed by atoms with Crippen LogP contribution in [-0.4, -0.2) is 215 Å². The van der Waals surface area contributed by atoms with Crippen molar-refractivity contribution in [2.24, 2.45) is 0 Å². The molecule has 3 saturated heterocycles. The van der Waals surface area contributed by atoms with E-state index < -0.39 is 34.6 Å². The van der Waals surface area contributed by atoms with Crippen LogP contribution in [0, 0.1) is 49.9 Å². The molecule has 7 atom stereocenters. The molecule has 0 N–H and O–H groups in total. The number of rotatable bonds is 18. The lowest BCUT2D eigenvalue weighted by Gasteiger charge is -2.44. The molecule has 0 aliphatic carbocycles. The molecule has 3 amide bonds. The maximum atomic E-state index is 15.2. The number of thioether (sulfide) groups is 3. The van der Waals surface area contributed by atoms with Crippen LogP contribution in [0.25, 0.3) is 66.1 Å². The molecule has 6 aliphatic rings. The predicted octanol–water partition coefficient (Wildman–Crippen LogP) is 12.8. The number of nitrogens with zero attached hydrogens (tertiary/aromatic N) is 12. The van der Waals surface area contributed by atoms with Gasteiger partial charge in [0.1, 0.15) is 66.9 Å². The Morgan fingerprint density at radius 1 is 0.458 bits per heavy atom. The Bertz CT molecular complexity index is 5600. The van der Waals surface area contributed by atoms with Gasteiger partial charge in [0, 0.05) is 186 Å². The topological polar surface area (TPSA) is 231 Å². The first-order valence-electron chi connectivity index (χ1n) is 38.5. The second-order valence-electron chi connectivity index (χ2n) is 29.9. The summed E-state index contributed by atoms with van der Waals surface area (Å²) >= 11 is 10.6. The van der Waals surface area contributed by atoms with E-state index in [0.29, 0.717) is 126 Å². The zero-order valence-electron chi connectivity index (χ0n) is 67.1. The van der Waals surface area contributed by atoms with Gasteiger partial charge in [-0.1, -0.05) is 43.5 Å². The Kier molecular flexibility index (Phi) is 27.1. The Morgan fingerprint density at radius 3 is 1.21 bits per heavy atom. The second-order valence-corrected chi connectivity index (χ2v) is 33.4. The summed E-state index contributed by atoms with van der Waals surface area (Å²) in [5, 5.41) is 2.15. The standard InChI is InChI=1S/C29H32F2N4O4S.C29H33FN4O4S.C27H27ClF2N4O4S/c1-6-24(36)35-17(3)11-33(12-18(35)4)28-22-9-16(2)25(21-8-7-19(30)10-23(21)31)27-26(22)34(29(37)32-28)13-20(14-40-27)39-15-38-5;1-6-24(35)34-18(3)12-32(13-19(34)4)28-23-11-17(2)25(20-7-9-21(30)10-8-20)27-26(23)33(29(36)31-28)14-22(15-39-27)38-16-37-5;1-4-22(35)32-5-7-33(8-6-32)26-18-9-15(2)23(17-10-19(28)21(30)11-20(17)29)25-24(18)34(27(36)31-26)12-16(13-39-25)38-14-37-3/h6-10,17-18,20H,1,11-15H2,2-5H3;6-11,18-19,22H,1,12-16H2,2-5H3;4,9-11,16H,1,5-8,12-14H2,2-3H3/t17-,18+,20?;18-,19+,22?;. The average molecular weight is 1700 g/mol.